The molecule has 0 aliphatic heterocycles. The lowest BCUT2D eigenvalue weighted by Crippen LogP contribution is -2.09. The van der Waals surface area contributed by atoms with E-state index in [-0.39, 0.29) is 10.6 Å². The van der Waals surface area contributed by atoms with E-state index >= 15 is 0 Å². The second kappa shape index (κ2) is 6.26. The fraction of sp³-hybridized carbons (Fsp3) is 0.143. The van der Waals surface area contributed by atoms with Crippen molar-refractivity contribution in [3.63, 3.8) is 0 Å². The van der Waals surface area contributed by atoms with Gasteiger partial charge in [-0.15, -0.1) is 0 Å². The van der Waals surface area contributed by atoms with Crippen LogP contribution in [0.5, 0.6) is 5.75 Å². The van der Waals surface area contributed by atoms with Crippen molar-refractivity contribution in [2.24, 2.45) is 5.73 Å². The predicted molar refractivity (Wildman–Crippen MR) is 78.5 cm³/mol. The Morgan fingerprint density at radius 1 is 1.00 bits per heavy atom. The van der Waals surface area contributed by atoms with Crippen LogP contribution in [0.4, 0.5) is 0 Å². The van der Waals surface area contributed by atoms with Gasteiger partial charge in [0, 0.05) is 5.02 Å². The van der Waals surface area contributed by atoms with Gasteiger partial charge in [0.25, 0.3) is 0 Å². The number of hydrogen-bond donors (Lipinski definition) is 1. The zero-order valence-electron chi connectivity index (χ0n) is 10.6. The molecule has 2 N–H and O–H groups in total. The van der Waals surface area contributed by atoms with Gasteiger partial charge in [-0.05, 0) is 54.9 Å². The summed E-state index contributed by atoms with van der Waals surface area (Å²) in [6.45, 7) is 0.545. The molecule has 0 spiro atoms. The average Bonchev–Trinajstić information content (AvgIpc) is 2.41. The predicted octanol–water partition coefficient (Wildman–Crippen LogP) is 2.61. The van der Waals surface area contributed by atoms with Crippen LogP contribution in [-0.4, -0.2) is 15.0 Å². The molecule has 0 amide bonds. The smallest absolute Gasteiger partial charge is 0.339 e. The van der Waals surface area contributed by atoms with E-state index < -0.39 is 10.1 Å². The Balaban J connectivity index is 2.17. The molecule has 2 aromatic carbocycles. The zero-order chi connectivity index (χ0) is 14.6. The van der Waals surface area contributed by atoms with Crippen LogP contribution in [0.15, 0.2) is 53.4 Å². The Labute approximate surface area is 123 Å². The quantitative estimate of drug-likeness (QED) is 0.862. The Morgan fingerprint density at radius 3 is 2.15 bits per heavy atom. The van der Waals surface area contributed by atoms with E-state index in [2.05, 4.69) is 0 Å². The van der Waals surface area contributed by atoms with Crippen molar-refractivity contribution in [2.75, 3.05) is 6.54 Å². The molecule has 0 heterocycles. The minimum absolute atomic E-state index is 0.0629. The molecule has 0 aromatic heterocycles. The Bertz CT molecular complexity index is 667. The van der Waals surface area contributed by atoms with Gasteiger partial charge < -0.3 is 9.92 Å². The maximum absolute atomic E-state index is 12.0. The number of halogens is 1. The molecule has 0 atom stereocenters. The second-order valence-electron chi connectivity index (χ2n) is 4.17. The summed E-state index contributed by atoms with van der Waals surface area (Å²) in [5, 5.41) is 0.468. The second-order valence-corrected chi connectivity index (χ2v) is 6.16. The average molecular weight is 312 g/mol. The number of rotatable bonds is 5. The highest BCUT2D eigenvalue weighted by atomic mass is 35.5. The minimum Gasteiger partial charge on any atom is -0.379 e. The molecule has 0 saturated heterocycles. The van der Waals surface area contributed by atoms with E-state index in [1.165, 1.54) is 24.3 Å². The maximum atomic E-state index is 12.0. The highest BCUT2D eigenvalue weighted by Gasteiger charge is 2.16. The third kappa shape index (κ3) is 3.72. The van der Waals surface area contributed by atoms with Gasteiger partial charge in [-0.3, -0.25) is 0 Å². The van der Waals surface area contributed by atoms with Crippen molar-refractivity contribution in [1.82, 2.24) is 0 Å². The Morgan fingerprint density at radius 2 is 1.60 bits per heavy atom. The molecule has 6 heteroatoms. The summed E-state index contributed by atoms with van der Waals surface area (Å²) in [5.41, 5.74) is 6.48. The van der Waals surface area contributed by atoms with Gasteiger partial charge in [0.1, 0.15) is 10.6 Å². The topological polar surface area (TPSA) is 69.4 Å². The van der Waals surface area contributed by atoms with E-state index in [1.54, 1.807) is 24.3 Å². The van der Waals surface area contributed by atoms with E-state index in [0.29, 0.717) is 11.6 Å². The zero-order valence-corrected chi connectivity index (χ0v) is 12.2. The van der Waals surface area contributed by atoms with Crippen LogP contribution in [0, 0.1) is 0 Å². The highest BCUT2D eigenvalue weighted by Crippen LogP contribution is 2.20. The molecular weight excluding hydrogens is 298 g/mol. The molecule has 0 fully saturated rings. The number of hydrogen-bond acceptors (Lipinski definition) is 4. The summed E-state index contributed by atoms with van der Waals surface area (Å²) in [6, 6.07) is 12.6. The summed E-state index contributed by atoms with van der Waals surface area (Å²) >= 11 is 5.72. The molecule has 0 radical (unpaired) electrons. The summed E-state index contributed by atoms with van der Waals surface area (Å²) in [6.07, 6.45) is 0.740. The monoisotopic (exact) mass is 311 g/mol. The van der Waals surface area contributed by atoms with Crippen molar-refractivity contribution in [3.05, 3.63) is 59.1 Å². The number of benzene rings is 2. The first-order chi connectivity index (χ1) is 9.51. The lowest BCUT2D eigenvalue weighted by atomic mass is 10.1. The summed E-state index contributed by atoms with van der Waals surface area (Å²) in [7, 11) is -3.84. The fourth-order valence-electron chi connectivity index (χ4n) is 1.65. The van der Waals surface area contributed by atoms with Crippen LogP contribution in [0.3, 0.4) is 0 Å². The molecule has 20 heavy (non-hydrogen) atoms. The summed E-state index contributed by atoms with van der Waals surface area (Å²) < 4.78 is 29.1. The van der Waals surface area contributed by atoms with Crippen LogP contribution in [0.25, 0.3) is 0 Å². The van der Waals surface area contributed by atoms with Gasteiger partial charge in [-0.1, -0.05) is 23.7 Å². The lowest BCUT2D eigenvalue weighted by Gasteiger charge is -2.07. The molecule has 2 aromatic rings. The maximum Gasteiger partial charge on any atom is 0.339 e. The van der Waals surface area contributed by atoms with Gasteiger partial charge >= 0.3 is 10.1 Å². The molecule has 0 saturated carbocycles. The molecule has 0 unspecified atom stereocenters. The molecule has 106 valence electrons. The Hall–Kier alpha value is -1.56. The lowest BCUT2D eigenvalue weighted by molar-refractivity contribution is 0.486. The van der Waals surface area contributed by atoms with E-state index in [9.17, 15) is 8.42 Å². The normalized spacial score (nSPS) is 11.3. The van der Waals surface area contributed by atoms with E-state index in [0.717, 1.165) is 12.0 Å². The van der Waals surface area contributed by atoms with Crippen LogP contribution < -0.4 is 9.92 Å². The third-order valence-electron chi connectivity index (χ3n) is 2.66. The number of nitrogens with two attached hydrogens (primary N) is 1. The largest absolute Gasteiger partial charge is 0.379 e. The molecular formula is C14H14ClNO3S. The summed E-state index contributed by atoms with van der Waals surface area (Å²) in [5.74, 6) is 0.265. The van der Waals surface area contributed by atoms with Gasteiger partial charge in [-0.25, -0.2) is 0 Å². The fourth-order valence-corrected chi connectivity index (χ4v) is 2.71. The molecule has 4 nitrogen and oxygen atoms in total. The molecule has 2 rings (SSSR count). The first-order valence-electron chi connectivity index (χ1n) is 6.00. The van der Waals surface area contributed by atoms with Gasteiger partial charge in [-0.2, -0.15) is 8.42 Å². The highest BCUT2D eigenvalue weighted by molar-refractivity contribution is 7.87. The van der Waals surface area contributed by atoms with Crippen LogP contribution >= 0.6 is 11.6 Å². The molecule has 0 aliphatic rings. The van der Waals surface area contributed by atoms with Gasteiger partial charge in [0.2, 0.25) is 0 Å². The van der Waals surface area contributed by atoms with Crippen molar-refractivity contribution in [1.29, 1.82) is 0 Å². The first-order valence-corrected chi connectivity index (χ1v) is 7.79. The van der Waals surface area contributed by atoms with Crippen molar-refractivity contribution < 1.29 is 12.6 Å². The third-order valence-corrected chi connectivity index (χ3v) is 4.18. The first kappa shape index (κ1) is 14.8. The summed E-state index contributed by atoms with van der Waals surface area (Å²) in [4.78, 5) is 0.0629. The molecule has 0 bridgehead atoms. The van der Waals surface area contributed by atoms with E-state index in [4.69, 9.17) is 21.5 Å². The minimum atomic E-state index is -3.84. The van der Waals surface area contributed by atoms with Gasteiger partial charge in [0.15, 0.2) is 0 Å². The van der Waals surface area contributed by atoms with Crippen LogP contribution in [0.1, 0.15) is 5.56 Å². The van der Waals surface area contributed by atoms with Crippen LogP contribution in [0.2, 0.25) is 5.02 Å². The standard InChI is InChI=1S/C14H14ClNO3S/c15-12-3-7-14(8-4-12)20(17,18)19-13-5-1-11(2-6-13)9-10-16/h1-8H,9-10,16H2. The van der Waals surface area contributed by atoms with Crippen molar-refractivity contribution in [3.8, 4) is 5.75 Å². The SMILES string of the molecule is NCCc1ccc(OS(=O)(=O)c2ccc(Cl)cc2)cc1. The molecule has 0 aliphatic carbocycles. The van der Waals surface area contributed by atoms with E-state index in [1.807, 2.05) is 0 Å². The van der Waals surface area contributed by atoms with Crippen molar-refractivity contribution in [2.45, 2.75) is 11.3 Å². The van der Waals surface area contributed by atoms with Crippen molar-refractivity contribution >= 4 is 21.7 Å². The Kier molecular flexibility index (Phi) is 4.65. The van der Waals surface area contributed by atoms with Crippen LogP contribution in [-0.2, 0) is 16.5 Å². The van der Waals surface area contributed by atoms with Gasteiger partial charge in [0.05, 0.1) is 0 Å².